The number of carboxylic acids is 1. The van der Waals surface area contributed by atoms with Crippen LogP contribution in [-0.2, 0) is 4.79 Å². The molecule has 0 aromatic heterocycles. The van der Waals surface area contributed by atoms with Gasteiger partial charge in [-0.15, -0.1) is 0 Å². The Balaban J connectivity index is 2.36. The van der Waals surface area contributed by atoms with Gasteiger partial charge in [0.1, 0.15) is 5.70 Å². The molecule has 0 aliphatic heterocycles. The zero-order chi connectivity index (χ0) is 20.0. The van der Waals surface area contributed by atoms with Gasteiger partial charge in [0.15, 0.2) is 11.5 Å². The second-order valence-electron chi connectivity index (χ2n) is 5.88. The highest BCUT2D eigenvalue weighted by molar-refractivity contribution is 6.32. The summed E-state index contributed by atoms with van der Waals surface area (Å²) in [5.74, 6) is -1.07. The van der Waals surface area contributed by atoms with Crippen molar-refractivity contribution in [3.63, 3.8) is 0 Å². The summed E-state index contributed by atoms with van der Waals surface area (Å²) in [6.07, 6.45) is 1.19. The Kier molecular flexibility index (Phi) is 6.85. The minimum atomic E-state index is -1.28. The fourth-order valence-corrected chi connectivity index (χ4v) is 2.54. The molecule has 0 atom stereocenters. The summed E-state index contributed by atoms with van der Waals surface area (Å²) in [5, 5.41) is 12.1. The molecule has 0 radical (unpaired) electrons. The normalized spacial score (nSPS) is 11.2. The number of carbonyl (C=O) groups excluding carboxylic acids is 1. The number of benzene rings is 2. The van der Waals surface area contributed by atoms with Crippen molar-refractivity contribution in [2.45, 2.75) is 20.0 Å². The summed E-state index contributed by atoms with van der Waals surface area (Å²) in [6.45, 7) is 3.70. The second kappa shape index (κ2) is 9.09. The number of amides is 1. The molecule has 0 aliphatic rings. The molecular formula is C20H20ClNO5. The predicted octanol–water partition coefficient (Wildman–Crippen LogP) is 3.99. The lowest BCUT2D eigenvalue weighted by molar-refractivity contribution is -0.132. The van der Waals surface area contributed by atoms with Crippen LogP contribution in [0.4, 0.5) is 0 Å². The third kappa shape index (κ3) is 5.49. The summed E-state index contributed by atoms with van der Waals surface area (Å²) in [6, 6.07) is 11.5. The molecule has 2 aromatic carbocycles. The van der Waals surface area contributed by atoms with E-state index in [1.54, 1.807) is 42.5 Å². The number of hydrogen-bond donors (Lipinski definition) is 2. The molecule has 1 amide bonds. The van der Waals surface area contributed by atoms with Crippen LogP contribution < -0.4 is 14.8 Å². The van der Waals surface area contributed by atoms with Crippen molar-refractivity contribution in [3.8, 4) is 11.5 Å². The molecule has 2 aromatic rings. The monoisotopic (exact) mass is 389 g/mol. The SMILES string of the molecule is COc1cc(C=C(NC(=O)c2ccccc2)C(=O)O)cc(Cl)c1OC(C)C. The number of rotatable bonds is 7. The maximum atomic E-state index is 12.2. The Labute approximate surface area is 162 Å². The maximum absolute atomic E-state index is 12.2. The third-order valence-electron chi connectivity index (χ3n) is 3.43. The van der Waals surface area contributed by atoms with Gasteiger partial charge >= 0.3 is 5.97 Å². The van der Waals surface area contributed by atoms with Gasteiger partial charge in [-0.1, -0.05) is 29.8 Å². The highest BCUT2D eigenvalue weighted by Gasteiger charge is 2.16. The summed E-state index contributed by atoms with van der Waals surface area (Å²) in [7, 11) is 1.46. The van der Waals surface area contributed by atoms with Gasteiger partial charge in [-0.3, -0.25) is 4.79 Å². The number of methoxy groups -OCH3 is 1. The number of hydrogen-bond acceptors (Lipinski definition) is 4. The summed E-state index contributed by atoms with van der Waals surface area (Å²) in [5.41, 5.74) is 0.499. The number of halogens is 1. The fraction of sp³-hybridized carbons (Fsp3) is 0.200. The quantitative estimate of drug-likeness (QED) is 0.699. The molecule has 0 heterocycles. The molecule has 0 spiro atoms. The Bertz CT molecular complexity index is 862. The van der Waals surface area contributed by atoms with Crippen molar-refractivity contribution in [3.05, 3.63) is 64.3 Å². The largest absolute Gasteiger partial charge is 0.493 e. The average Bonchev–Trinajstić information content (AvgIpc) is 2.63. The van der Waals surface area contributed by atoms with Crippen molar-refractivity contribution >= 4 is 29.6 Å². The Morgan fingerprint density at radius 3 is 2.41 bits per heavy atom. The van der Waals surface area contributed by atoms with Crippen LogP contribution in [-0.4, -0.2) is 30.2 Å². The van der Waals surface area contributed by atoms with E-state index in [-0.39, 0.29) is 16.8 Å². The second-order valence-corrected chi connectivity index (χ2v) is 6.29. The van der Waals surface area contributed by atoms with Crippen molar-refractivity contribution in [1.29, 1.82) is 0 Å². The standard InChI is InChI=1S/C20H20ClNO5/c1-12(2)27-18-15(21)9-13(11-17(18)26-3)10-16(20(24)25)22-19(23)14-7-5-4-6-8-14/h4-12H,1-3H3,(H,22,23)(H,24,25). The number of carboxylic acid groups (broad SMARTS) is 1. The van der Waals surface area contributed by atoms with Crippen molar-refractivity contribution < 1.29 is 24.2 Å². The van der Waals surface area contributed by atoms with Crippen LogP contribution in [0, 0.1) is 0 Å². The molecule has 142 valence electrons. The first-order valence-corrected chi connectivity index (χ1v) is 8.55. The van der Waals surface area contributed by atoms with Crippen LogP contribution >= 0.6 is 11.6 Å². The van der Waals surface area contributed by atoms with Crippen LogP contribution in [0.2, 0.25) is 5.02 Å². The van der Waals surface area contributed by atoms with E-state index in [1.165, 1.54) is 13.2 Å². The van der Waals surface area contributed by atoms with Gasteiger partial charge < -0.3 is 19.9 Å². The van der Waals surface area contributed by atoms with Crippen LogP contribution in [0.1, 0.15) is 29.8 Å². The molecule has 6 nitrogen and oxygen atoms in total. The Morgan fingerprint density at radius 2 is 1.85 bits per heavy atom. The summed E-state index contributed by atoms with van der Waals surface area (Å²) >= 11 is 6.25. The first-order valence-electron chi connectivity index (χ1n) is 8.17. The van der Waals surface area contributed by atoms with E-state index in [0.29, 0.717) is 22.6 Å². The lowest BCUT2D eigenvalue weighted by atomic mass is 10.1. The highest BCUT2D eigenvalue weighted by Crippen LogP contribution is 2.37. The molecule has 2 rings (SSSR count). The van der Waals surface area contributed by atoms with Crippen LogP contribution in [0.3, 0.4) is 0 Å². The number of carbonyl (C=O) groups is 2. The van der Waals surface area contributed by atoms with Gasteiger partial charge in [0.25, 0.3) is 5.91 Å². The van der Waals surface area contributed by atoms with Gasteiger partial charge in [0.2, 0.25) is 0 Å². The van der Waals surface area contributed by atoms with E-state index in [1.807, 2.05) is 13.8 Å². The maximum Gasteiger partial charge on any atom is 0.352 e. The zero-order valence-corrected chi connectivity index (χ0v) is 15.9. The lowest BCUT2D eigenvalue weighted by Crippen LogP contribution is -2.27. The van der Waals surface area contributed by atoms with Crippen LogP contribution in [0.15, 0.2) is 48.2 Å². The number of ether oxygens (including phenoxy) is 2. The molecule has 0 unspecified atom stereocenters. The van der Waals surface area contributed by atoms with Gasteiger partial charge in [0, 0.05) is 5.56 Å². The number of nitrogens with one attached hydrogen (secondary N) is 1. The molecule has 0 bridgehead atoms. The minimum absolute atomic E-state index is 0.113. The molecular weight excluding hydrogens is 370 g/mol. The first kappa shape index (κ1) is 20.3. The van der Waals surface area contributed by atoms with E-state index in [4.69, 9.17) is 21.1 Å². The third-order valence-corrected chi connectivity index (χ3v) is 3.71. The van der Waals surface area contributed by atoms with Gasteiger partial charge in [-0.05, 0) is 49.8 Å². The molecule has 27 heavy (non-hydrogen) atoms. The summed E-state index contributed by atoms with van der Waals surface area (Å²) in [4.78, 5) is 23.8. The number of aliphatic carboxylic acids is 1. The predicted molar refractivity (Wildman–Crippen MR) is 103 cm³/mol. The van der Waals surface area contributed by atoms with Crippen LogP contribution in [0.25, 0.3) is 6.08 Å². The van der Waals surface area contributed by atoms with E-state index in [0.717, 1.165) is 0 Å². The smallest absolute Gasteiger partial charge is 0.352 e. The zero-order valence-electron chi connectivity index (χ0n) is 15.2. The fourth-order valence-electron chi connectivity index (χ4n) is 2.28. The van der Waals surface area contributed by atoms with Gasteiger partial charge in [0.05, 0.1) is 18.2 Å². The van der Waals surface area contributed by atoms with Crippen molar-refractivity contribution in [1.82, 2.24) is 5.32 Å². The molecule has 0 aliphatic carbocycles. The molecule has 7 heteroatoms. The van der Waals surface area contributed by atoms with E-state index in [9.17, 15) is 14.7 Å². The molecule has 2 N–H and O–H groups in total. The Hall–Kier alpha value is -2.99. The lowest BCUT2D eigenvalue weighted by Gasteiger charge is -2.16. The van der Waals surface area contributed by atoms with E-state index < -0.39 is 11.9 Å². The topological polar surface area (TPSA) is 84.9 Å². The molecule has 0 saturated heterocycles. The van der Waals surface area contributed by atoms with Crippen LogP contribution in [0.5, 0.6) is 11.5 Å². The Morgan fingerprint density at radius 1 is 1.19 bits per heavy atom. The average molecular weight is 390 g/mol. The molecule has 0 saturated carbocycles. The summed E-state index contributed by atoms with van der Waals surface area (Å²) < 4.78 is 10.9. The first-order chi connectivity index (χ1) is 12.8. The van der Waals surface area contributed by atoms with Gasteiger partial charge in [-0.2, -0.15) is 0 Å². The van der Waals surface area contributed by atoms with Crippen molar-refractivity contribution in [2.24, 2.45) is 0 Å². The van der Waals surface area contributed by atoms with E-state index in [2.05, 4.69) is 5.32 Å². The van der Waals surface area contributed by atoms with E-state index >= 15 is 0 Å². The minimum Gasteiger partial charge on any atom is -0.493 e. The van der Waals surface area contributed by atoms with Crippen molar-refractivity contribution in [2.75, 3.05) is 7.11 Å². The highest BCUT2D eigenvalue weighted by atomic mass is 35.5. The molecule has 0 fully saturated rings. The van der Waals surface area contributed by atoms with Gasteiger partial charge in [-0.25, -0.2) is 4.79 Å².